The Morgan fingerprint density at radius 1 is 1.45 bits per heavy atom. The zero-order valence-corrected chi connectivity index (χ0v) is 13.3. The lowest BCUT2D eigenvalue weighted by Crippen LogP contribution is -2.40. The van der Waals surface area contributed by atoms with Crippen LogP contribution >= 0.6 is 12.4 Å². The first kappa shape index (κ1) is 17.4. The van der Waals surface area contributed by atoms with Crippen molar-refractivity contribution in [2.75, 3.05) is 26.7 Å². The number of halogens is 2. The van der Waals surface area contributed by atoms with Gasteiger partial charge in [-0.2, -0.15) is 0 Å². The monoisotopic (exact) mass is 300 g/mol. The summed E-state index contributed by atoms with van der Waals surface area (Å²) in [6.07, 6.45) is 3.52. The number of nitrogens with zero attached hydrogens (tertiary/aromatic N) is 1. The third-order valence-corrected chi connectivity index (χ3v) is 4.12. The number of benzene rings is 1. The lowest BCUT2D eigenvalue weighted by Gasteiger charge is -2.31. The molecule has 20 heavy (non-hydrogen) atoms. The van der Waals surface area contributed by atoms with Crippen molar-refractivity contribution in [1.82, 2.24) is 10.2 Å². The Morgan fingerprint density at radius 2 is 2.25 bits per heavy atom. The summed E-state index contributed by atoms with van der Waals surface area (Å²) in [5.74, 6) is 0.623. The maximum atomic E-state index is 13.2. The van der Waals surface area contributed by atoms with Crippen LogP contribution in [-0.4, -0.2) is 37.6 Å². The molecule has 1 aromatic rings. The van der Waals surface area contributed by atoms with E-state index in [-0.39, 0.29) is 18.2 Å². The van der Waals surface area contributed by atoms with Gasteiger partial charge < -0.3 is 10.2 Å². The smallest absolute Gasteiger partial charge is 0.123 e. The molecule has 0 aliphatic carbocycles. The van der Waals surface area contributed by atoms with Crippen molar-refractivity contribution >= 4 is 12.4 Å². The van der Waals surface area contributed by atoms with Crippen LogP contribution in [0.25, 0.3) is 0 Å². The van der Waals surface area contributed by atoms with Crippen LogP contribution in [0.4, 0.5) is 4.39 Å². The third-order valence-electron chi connectivity index (χ3n) is 4.12. The third kappa shape index (κ3) is 5.39. The quantitative estimate of drug-likeness (QED) is 0.899. The average molecular weight is 301 g/mol. The molecular formula is C16H26ClFN2. The fraction of sp³-hybridized carbons (Fsp3) is 0.625. The minimum atomic E-state index is -0.135. The van der Waals surface area contributed by atoms with Gasteiger partial charge in [0.2, 0.25) is 0 Å². The SMILES string of the molecule is CC(Cc1cccc(F)c1)N(C)CC1CCCNC1.Cl. The number of nitrogens with one attached hydrogen (secondary N) is 1. The molecular weight excluding hydrogens is 275 g/mol. The molecule has 1 saturated heterocycles. The van der Waals surface area contributed by atoms with Crippen LogP contribution in [0.2, 0.25) is 0 Å². The molecule has 1 aromatic carbocycles. The molecule has 0 radical (unpaired) electrons. The first-order valence-corrected chi connectivity index (χ1v) is 7.30. The van der Waals surface area contributed by atoms with Gasteiger partial charge in [-0.05, 0) is 69.9 Å². The molecule has 1 heterocycles. The summed E-state index contributed by atoms with van der Waals surface area (Å²) in [6.45, 7) is 5.65. The summed E-state index contributed by atoms with van der Waals surface area (Å²) in [6, 6.07) is 7.40. The predicted octanol–water partition coefficient (Wildman–Crippen LogP) is 3.11. The molecule has 1 aliphatic heterocycles. The van der Waals surface area contributed by atoms with Crippen molar-refractivity contribution in [1.29, 1.82) is 0 Å². The topological polar surface area (TPSA) is 15.3 Å². The molecule has 2 nitrogen and oxygen atoms in total. The van der Waals surface area contributed by atoms with Gasteiger partial charge in [-0.3, -0.25) is 0 Å². The van der Waals surface area contributed by atoms with E-state index >= 15 is 0 Å². The molecule has 1 fully saturated rings. The van der Waals surface area contributed by atoms with Gasteiger partial charge in [0.25, 0.3) is 0 Å². The zero-order chi connectivity index (χ0) is 13.7. The van der Waals surface area contributed by atoms with Gasteiger partial charge in [-0.1, -0.05) is 12.1 Å². The number of rotatable bonds is 5. The highest BCUT2D eigenvalue weighted by Crippen LogP contribution is 2.15. The van der Waals surface area contributed by atoms with E-state index in [0.717, 1.165) is 31.0 Å². The highest BCUT2D eigenvalue weighted by atomic mass is 35.5. The molecule has 114 valence electrons. The fourth-order valence-corrected chi connectivity index (χ4v) is 2.83. The average Bonchev–Trinajstić information content (AvgIpc) is 2.40. The van der Waals surface area contributed by atoms with Crippen LogP contribution in [0.1, 0.15) is 25.3 Å². The van der Waals surface area contributed by atoms with E-state index in [2.05, 4.69) is 24.2 Å². The van der Waals surface area contributed by atoms with Crippen LogP contribution in [0.15, 0.2) is 24.3 Å². The van der Waals surface area contributed by atoms with Crippen molar-refractivity contribution in [3.05, 3.63) is 35.6 Å². The second-order valence-electron chi connectivity index (χ2n) is 5.84. The first-order valence-electron chi connectivity index (χ1n) is 7.30. The van der Waals surface area contributed by atoms with Crippen molar-refractivity contribution in [2.24, 2.45) is 5.92 Å². The van der Waals surface area contributed by atoms with Crippen LogP contribution in [0.3, 0.4) is 0 Å². The predicted molar refractivity (Wildman–Crippen MR) is 85.0 cm³/mol. The molecule has 0 amide bonds. The van der Waals surface area contributed by atoms with E-state index in [0.29, 0.717) is 6.04 Å². The van der Waals surface area contributed by atoms with Gasteiger partial charge in [0.05, 0.1) is 0 Å². The number of hydrogen-bond donors (Lipinski definition) is 1. The number of hydrogen-bond acceptors (Lipinski definition) is 2. The maximum Gasteiger partial charge on any atom is 0.123 e. The minimum Gasteiger partial charge on any atom is -0.316 e. The second-order valence-corrected chi connectivity index (χ2v) is 5.84. The molecule has 2 unspecified atom stereocenters. The lowest BCUT2D eigenvalue weighted by molar-refractivity contribution is 0.197. The van der Waals surface area contributed by atoms with Crippen LogP contribution in [0, 0.1) is 11.7 Å². The molecule has 0 saturated carbocycles. The molecule has 0 spiro atoms. The Hall–Kier alpha value is -0.640. The van der Waals surface area contributed by atoms with Crippen LogP contribution in [0.5, 0.6) is 0 Å². The summed E-state index contributed by atoms with van der Waals surface area (Å²) in [4.78, 5) is 2.41. The van der Waals surface area contributed by atoms with E-state index < -0.39 is 0 Å². The van der Waals surface area contributed by atoms with Gasteiger partial charge in [-0.25, -0.2) is 4.39 Å². The summed E-state index contributed by atoms with van der Waals surface area (Å²) >= 11 is 0. The molecule has 0 aromatic heterocycles. The van der Waals surface area contributed by atoms with Crippen molar-refractivity contribution in [3.63, 3.8) is 0 Å². The van der Waals surface area contributed by atoms with Gasteiger partial charge in [0.15, 0.2) is 0 Å². The van der Waals surface area contributed by atoms with E-state index in [1.54, 1.807) is 12.1 Å². The summed E-state index contributed by atoms with van der Waals surface area (Å²) in [7, 11) is 2.18. The Labute approximate surface area is 128 Å². The molecule has 1 N–H and O–H groups in total. The Balaban J connectivity index is 0.00000200. The first-order chi connectivity index (χ1) is 9.15. The van der Waals surface area contributed by atoms with Crippen LogP contribution < -0.4 is 5.32 Å². The summed E-state index contributed by atoms with van der Waals surface area (Å²) in [5, 5.41) is 3.46. The molecule has 1 aliphatic rings. The number of likely N-dealkylation sites (N-methyl/N-ethyl adjacent to an activating group) is 1. The Morgan fingerprint density at radius 3 is 2.90 bits per heavy atom. The highest BCUT2D eigenvalue weighted by molar-refractivity contribution is 5.85. The highest BCUT2D eigenvalue weighted by Gasteiger charge is 2.18. The standard InChI is InChI=1S/C16H25FN2.ClH/c1-13(9-14-5-3-7-16(17)10-14)19(2)12-15-6-4-8-18-11-15;/h3,5,7,10,13,15,18H,4,6,8-9,11-12H2,1-2H3;1H. The van der Waals surface area contributed by atoms with Crippen molar-refractivity contribution in [2.45, 2.75) is 32.2 Å². The normalized spacial score (nSPS) is 20.5. The largest absolute Gasteiger partial charge is 0.316 e. The fourth-order valence-electron chi connectivity index (χ4n) is 2.83. The molecule has 2 rings (SSSR count). The van der Waals surface area contributed by atoms with E-state index in [4.69, 9.17) is 0 Å². The van der Waals surface area contributed by atoms with E-state index in [9.17, 15) is 4.39 Å². The van der Waals surface area contributed by atoms with E-state index in [1.807, 2.05) is 6.07 Å². The zero-order valence-electron chi connectivity index (χ0n) is 12.4. The summed E-state index contributed by atoms with van der Waals surface area (Å²) in [5.41, 5.74) is 1.08. The van der Waals surface area contributed by atoms with Gasteiger partial charge in [-0.15, -0.1) is 12.4 Å². The molecule has 4 heteroatoms. The Kier molecular flexibility index (Phi) is 7.49. The van der Waals surface area contributed by atoms with Crippen LogP contribution in [-0.2, 0) is 6.42 Å². The van der Waals surface area contributed by atoms with Gasteiger partial charge >= 0.3 is 0 Å². The Bertz CT molecular complexity index is 394. The van der Waals surface area contributed by atoms with Gasteiger partial charge in [0.1, 0.15) is 5.82 Å². The summed E-state index contributed by atoms with van der Waals surface area (Å²) < 4.78 is 13.2. The molecule has 2 atom stereocenters. The van der Waals surface area contributed by atoms with Crippen molar-refractivity contribution in [3.8, 4) is 0 Å². The van der Waals surface area contributed by atoms with Gasteiger partial charge in [0, 0.05) is 12.6 Å². The van der Waals surface area contributed by atoms with E-state index in [1.165, 1.54) is 25.5 Å². The molecule has 0 bridgehead atoms. The maximum absolute atomic E-state index is 13.2. The second kappa shape index (κ2) is 8.60. The lowest BCUT2D eigenvalue weighted by atomic mass is 9.98. The van der Waals surface area contributed by atoms with Crippen molar-refractivity contribution < 1.29 is 4.39 Å². The number of piperidine rings is 1. The minimum absolute atomic E-state index is 0.